The predicted molar refractivity (Wildman–Crippen MR) is 56.4 cm³/mol. The number of carbonyl (C=O) groups excluding carboxylic acids is 1. The Morgan fingerprint density at radius 1 is 1.36 bits per heavy atom. The molecular formula is C11H16N2O. The highest BCUT2D eigenvalue weighted by atomic mass is 16.1. The van der Waals surface area contributed by atoms with Gasteiger partial charge in [-0.3, -0.25) is 9.78 Å². The van der Waals surface area contributed by atoms with Gasteiger partial charge in [0.15, 0.2) is 0 Å². The molecule has 76 valence electrons. The zero-order valence-electron chi connectivity index (χ0n) is 8.92. The molecule has 0 radical (unpaired) electrons. The number of nitrogens with zero attached hydrogens (tertiary/aromatic N) is 1. The van der Waals surface area contributed by atoms with Crippen LogP contribution in [0.3, 0.4) is 0 Å². The lowest BCUT2D eigenvalue weighted by atomic mass is 10.1. The monoisotopic (exact) mass is 192 g/mol. The van der Waals surface area contributed by atoms with Crippen molar-refractivity contribution < 1.29 is 4.79 Å². The maximum Gasteiger partial charge on any atom is 0.253 e. The highest BCUT2D eigenvalue weighted by molar-refractivity contribution is 5.96. The molecule has 0 saturated carbocycles. The van der Waals surface area contributed by atoms with Crippen LogP contribution in [0.5, 0.6) is 0 Å². The van der Waals surface area contributed by atoms with Crippen LogP contribution < -0.4 is 5.32 Å². The Hall–Kier alpha value is -1.38. The molecule has 0 bridgehead atoms. The minimum absolute atomic E-state index is 0.00347. The van der Waals surface area contributed by atoms with Gasteiger partial charge in [-0.05, 0) is 19.1 Å². The molecule has 0 saturated heterocycles. The maximum atomic E-state index is 11.2. The van der Waals surface area contributed by atoms with E-state index in [9.17, 15) is 4.79 Å². The van der Waals surface area contributed by atoms with Crippen molar-refractivity contribution in [3.05, 3.63) is 29.1 Å². The molecule has 1 amide bonds. The highest BCUT2D eigenvalue weighted by Crippen LogP contribution is 2.11. The lowest BCUT2D eigenvalue weighted by molar-refractivity contribution is 0.0945. The Labute approximate surface area is 84.6 Å². The van der Waals surface area contributed by atoms with Gasteiger partial charge in [0.2, 0.25) is 0 Å². The van der Waals surface area contributed by atoms with Crippen molar-refractivity contribution in [3.63, 3.8) is 0 Å². The first-order valence-electron chi connectivity index (χ1n) is 5.02. The molecular weight excluding hydrogens is 176 g/mol. The van der Waals surface area contributed by atoms with Gasteiger partial charge in [0.1, 0.15) is 0 Å². The molecule has 0 aliphatic carbocycles. The molecule has 0 aromatic carbocycles. The molecule has 1 aliphatic rings. The lowest BCUT2D eigenvalue weighted by Crippen LogP contribution is -2.32. The SMILES string of the molecule is CC.Cc1ccc2c(n1)CCNC2=O. The molecule has 1 aliphatic heterocycles. The summed E-state index contributed by atoms with van der Waals surface area (Å²) in [6.45, 7) is 6.65. The van der Waals surface area contributed by atoms with Crippen LogP contribution in [0.1, 0.15) is 35.6 Å². The number of hydrogen-bond acceptors (Lipinski definition) is 2. The van der Waals surface area contributed by atoms with E-state index < -0.39 is 0 Å². The number of nitrogens with one attached hydrogen (secondary N) is 1. The molecule has 3 nitrogen and oxygen atoms in total. The molecule has 2 rings (SSSR count). The van der Waals surface area contributed by atoms with Gasteiger partial charge in [0.25, 0.3) is 5.91 Å². The van der Waals surface area contributed by atoms with Crippen molar-refractivity contribution in [2.24, 2.45) is 0 Å². The molecule has 2 heterocycles. The molecule has 1 aromatic rings. The number of rotatable bonds is 0. The third-order valence-corrected chi connectivity index (χ3v) is 2.01. The van der Waals surface area contributed by atoms with Crippen molar-refractivity contribution in [2.75, 3.05) is 6.54 Å². The summed E-state index contributed by atoms with van der Waals surface area (Å²) in [5.74, 6) is 0.00347. The van der Waals surface area contributed by atoms with E-state index in [0.29, 0.717) is 6.54 Å². The van der Waals surface area contributed by atoms with Gasteiger partial charge in [-0.1, -0.05) is 13.8 Å². The van der Waals surface area contributed by atoms with E-state index in [1.54, 1.807) is 0 Å². The van der Waals surface area contributed by atoms with Gasteiger partial charge >= 0.3 is 0 Å². The van der Waals surface area contributed by atoms with Gasteiger partial charge in [0.05, 0.1) is 11.3 Å². The normalized spacial score (nSPS) is 13.5. The van der Waals surface area contributed by atoms with E-state index in [0.717, 1.165) is 23.4 Å². The van der Waals surface area contributed by atoms with Crippen molar-refractivity contribution in [2.45, 2.75) is 27.2 Å². The second-order valence-corrected chi connectivity index (χ2v) is 2.95. The summed E-state index contributed by atoms with van der Waals surface area (Å²) in [4.78, 5) is 15.5. The maximum absolute atomic E-state index is 11.2. The fourth-order valence-corrected chi connectivity index (χ4v) is 1.40. The van der Waals surface area contributed by atoms with Gasteiger partial charge in [-0.2, -0.15) is 0 Å². The zero-order chi connectivity index (χ0) is 10.6. The topological polar surface area (TPSA) is 42.0 Å². The first kappa shape index (κ1) is 10.7. The average molecular weight is 192 g/mol. The summed E-state index contributed by atoms with van der Waals surface area (Å²) in [6.07, 6.45) is 0.850. The van der Waals surface area contributed by atoms with Gasteiger partial charge in [-0.15, -0.1) is 0 Å². The smallest absolute Gasteiger partial charge is 0.253 e. The number of aromatic nitrogens is 1. The molecule has 0 fully saturated rings. The van der Waals surface area contributed by atoms with Crippen LogP contribution in [0.25, 0.3) is 0 Å². The first-order valence-corrected chi connectivity index (χ1v) is 5.02. The summed E-state index contributed by atoms with van der Waals surface area (Å²) in [5, 5.41) is 2.78. The second kappa shape index (κ2) is 4.74. The largest absolute Gasteiger partial charge is 0.352 e. The number of pyridine rings is 1. The van der Waals surface area contributed by atoms with Crippen molar-refractivity contribution in [1.82, 2.24) is 10.3 Å². The van der Waals surface area contributed by atoms with E-state index in [1.807, 2.05) is 32.9 Å². The summed E-state index contributed by atoms with van der Waals surface area (Å²) >= 11 is 0. The van der Waals surface area contributed by atoms with Gasteiger partial charge in [0, 0.05) is 18.7 Å². The van der Waals surface area contributed by atoms with Crippen molar-refractivity contribution >= 4 is 5.91 Å². The predicted octanol–water partition coefficient (Wildman–Crippen LogP) is 1.70. The minimum Gasteiger partial charge on any atom is -0.352 e. The summed E-state index contributed by atoms with van der Waals surface area (Å²) in [5.41, 5.74) is 2.63. The van der Waals surface area contributed by atoms with Crippen molar-refractivity contribution in [3.8, 4) is 0 Å². The third kappa shape index (κ3) is 2.10. The minimum atomic E-state index is 0.00347. The van der Waals surface area contributed by atoms with Gasteiger partial charge < -0.3 is 5.32 Å². The lowest BCUT2D eigenvalue weighted by Gasteiger charge is -2.15. The van der Waals surface area contributed by atoms with Crippen LogP contribution in [0, 0.1) is 6.92 Å². The Morgan fingerprint density at radius 3 is 2.79 bits per heavy atom. The fraction of sp³-hybridized carbons (Fsp3) is 0.455. The molecule has 0 unspecified atom stereocenters. The van der Waals surface area contributed by atoms with Crippen molar-refractivity contribution in [1.29, 1.82) is 0 Å². The quantitative estimate of drug-likeness (QED) is 0.679. The Balaban J connectivity index is 0.000000461. The first-order chi connectivity index (χ1) is 6.77. The van der Waals surface area contributed by atoms with Crippen LogP contribution in [-0.2, 0) is 6.42 Å². The highest BCUT2D eigenvalue weighted by Gasteiger charge is 2.16. The Bertz CT molecular complexity index is 334. The van der Waals surface area contributed by atoms with E-state index in [-0.39, 0.29) is 5.91 Å². The molecule has 14 heavy (non-hydrogen) atoms. The fourth-order valence-electron chi connectivity index (χ4n) is 1.40. The number of fused-ring (bicyclic) bond motifs is 1. The van der Waals surface area contributed by atoms with E-state index in [4.69, 9.17) is 0 Å². The van der Waals surface area contributed by atoms with Crippen LogP contribution >= 0.6 is 0 Å². The van der Waals surface area contributed by atoms with Gasteiger partial charge in [-0.25, -0.2) is 0 Å². The molecule has 1 aromatic heterocycles. The van der Waals surface area contributed by atoms with Crippen LogP contribution in [0.15, 0.2) is 12.1 Å². The standard InChI is InChI=1S/C9H10N2O.C2H6/c1-6-2-3-7-8(11-6)4-5-10-9(7)12;1-2/h2-3H,4-5H2,1H3,(H,10,12);1-2H3. The zero-order valence-corrected chi connectivity index (χ0v) is 8.92. The van der Waals surface area contributed by atoms with E-state index in [1.165, 1.54) is 0 Å². The van der Waals surface area contributed by atoms with Crippen LogP contribution in [0.4, 0.5) is 0 Å². The molecule has 1 N–H and O–H groups in total. The summed E-state index contributed by atoms with van der Waals surface area (Å²) < 4.78 is 0. The summed E-state index contributed by atoms with van der Waals surface area (Å²) in [6, 6.07) is 3.70. The molecule has 0 atom stereocenters. The Kier molecular flexibility index (Phi) is 3.63. The van der Waals surface area contributed by atoms with Crippen LogP contribution in [-0.4, -0.2) is 17.4 Å². The Morgan fingerprint density at radius 2 is 2.07 bits per heavy atom. The molecule has 0 spiro atoms. The number of carbonyl (C=O) groups is 1. The third-order valence-electron chi connectivity index (χ3n) is 2.01. The average Bonchev–Trinajstić information content (AvgIpc) is 2.21. The molecule has 3 heteroatoms. The number of aryl methyl sites for hydroxylation is 1. The van der Waals surface area contributed by atoms with E-state index >= 15 is 0 Å². The number of hydrogen-bond donors (Lipinski definition) is 1. The second-order valence-electron chi connectivity index (χ2n) is 2.95. The summed E-state index contributed by atoms with van der Waals surface area (Å²) in [7, 11) is 0. The van der Waals surface area contributed by atoms with Crippen LogP contribution in [0.2, 0.25) is 0 Å². The number of amides is 1. The van der Waals surface area contributed by atoms with E-state index in [2.05, 4.69) is 10.3 Å².